The molecule has 4 fully saturated rings. The maximum atomic E-state index is 12.3. The van der Waals surface area contributed by atoms with Crippen molar-refractivity contribution in [3.63, 3.8) is 0 Å². The number of hydrogen-bond donors (Lipinski definition) is 1. The van der Waals surface area contributed by atoms with Crippen molar-refractivity contribution in [1.29, 1.82) is 0 Å². The van der Waals surface area contributed by atoms with Gasteiger partial charge in [0.2, 0.25) is 0 Å². The average Bonchev–Trinajstić information content (AvgIpc) is 2.49. The van der Waals surface area contributed by atoms with Crippen LogP contribution in [0.15, 0.2) is 22.7 Å². The molecule has 3 nitrogen and oxygen atoms in total. The number of carbonyl (C=O) groups is 1. The molecule has 4 saturated carbocycles. The van der Waals surface area contributed by atoms with E-state index < -0.39 is 0 Å². The normalized spacial score (nSPS) is 34.4. The van der Waals surface area contributed by atoms with Gasteiger partial charge in [-0.15, -0.1) is 0 Å². The monoisotopic (exact) mass is 377 g/mol. The molecule has 5 rings (SSSR count). The van der Waals surface area contributed by atoms with Crippen LogP contribution < -0.4 is 10.1 Å². The van der Waals surface area contributed by atoms with E-state index in [2.05, 4.69) is 21.2 Å². The van der Waals surface area contributed by atoms with Gasteiger partial charge < -0.3 is 10.1 Å². The summed E-state index contributed by atoms with van der Waals surface area (Å²) in [4.78, 5) is 12.3. The van der Waals surface area contributed by atoms with Gasteiger partial charge in [-0.1, -0.05) is 6.07 Å². The molecule has 1 amide bonds. The molecule has 4 aliphatic carbocycles. The molecule has 124 valence electrons. The summed E-state index contributed by atoms with van der Waals surface area (Å²) in [7, 11) is 0. The van der Waals surface area contributed by atoms with Gasteiger partial charge in [0.25, 0.3) is 5.91 Å². The maximum absolute atomic E-state index is 12.3. The number of nitrogens with one attached hydrogen (secondary N) is 1. The Bertz CT molecular complexity index is 587. The zero-order valence-electron chi connectivity index (χ0n) is 13.6. The number of amides is 1. The number of ether oxygens (including phenoxy) is 1. The Labute approximate surface area is 146 Å². The van der Waals surface area contributed by atoms with Gasteiger partial charge in [-0.25, -0.2) is 0 Å². The van der Waals surface area contributed by atoms with Crippen molar-refractivity contribution in [2.24, 2.45) is 23.7 Å². The summed E-state index contributed by atoms with van der Waals surface area (Å²) in [5, 5.41) is 3.28. The first kappa shape index (κ1) is 15.5. The van der Waals surface area contributed by atoms with E-state index in [0.29, 0.717) is 17.9 Å². The molecule has 1 aromatic carbocycles. The summed E-state index contributed by atoms with van der Waals surface area (Å²) in [5.41, 5.74) is 1.17. The molecular weight excluding hydrogens is 354 g/mol. The van der Waals surface area contributed by atoms with Crippen LogP contribution in [0.1, 0.15) is 37.7 Å². The molecular formula is C19H24BrNO2. The summed E-state index contributed by atoms with van der Waals surface area (Å²) in [6.07, 6.45) is 6.73. The molecule has 4 bridgehead atoms. The van der Waals surface area contributed by atoms with Gasteiger partial charge in [-0.3, -0.25) is 4.79 Å². The highest BCUT2D eigenvalue weighted by atomic mass is 79.9. The summed E-state index contributed by atoms with van der Waals surface area (Å²) in [5.74, 6) is 4.05. The van der Waals surface area contributed by atoms with E-state index in [1.807, 2.05) is 25.1 Å². The Balaban J connectivity index is 1.33. The minimum atomic E-state index is 0.0231. The minimum absolute atomic E-state index is 0.0231. The minimum Gasteiger partial charge on any atom is -0.483 e. The van der Waals surface area contributed by atoms with Crippen molar-refractivity contribution >= 4 is 21.8 Å². The second-order valence-corrected chi connectivity index (χ2v) is 8.60. The number of benzene rings is 1. The summed E-state index contributed by atoms with van der Waals surface area (Å²) >= 11 is 3.49. The predicted octanol–water partition coefficient (Wildman–Crippen LogP) is 4.08. The van der Waals surface area contributed by atoms with E-state index in [0.717, 1.165) is 22.1 Å². The van der Waals surface area contributed by atoms with Gasteiger partial charge in [-0.2, -0.15) is 0 Å². The van der Waals surface area contributed by atoms with Crippen LogP contribution in [0.4, 0.5) is 0 Å². The number of carbonyl (C=O) groups excluding carboxylic acids is 1. The maximum Gasteiger partial charge on any atom is 0.258 e. The smallest absolute Gasteiger partial charge is 0.258 e. The van der Waals surface area contributed by atoms with Gasteiger partial charge in [0.05, 0.1) is 4.47 Å². The molecule has 1 aromatic rings. The second kappa shape index (κ2) is 6.12. The zero-order valence-corrected chi connectivity index (χ0v) is 15.1. The lowest BCUT2D eigenvalue weighted by Gasteiger charge is -2.54. The molecule has 0 unspecified atom stereocenters. The molecule has 0 radical (unpaired) electrons. The summed E-state index contributed by atoms with van der Waals surface area (Å²) in [6, 6.07) is 6.30. The highest BCUT2D eigenvalue weighted by Crippen LogP contribution is 2.53. The molecule has 4 heteroatoms. The number of hydrogen-bond acceptors (Lipinski definition) is 2. The van der Waals surface area contributed by atoms with E-state index in [1.165, 1.54) is 37.7 Å². The first-order chi connectivity index (χ1) is 11.1. The highest BCUT2D eigenvalue weighted by molar-refractivity contribution is 9.10. The first-order valence-electron chi connectivity index (χ1n) is 8.77. The highest BCUT2D eigenvalue weighted by Gasteiger charge is 2.48. The summed E-state index contributed by atoms with van der Waals surface area (Å²) < 4.78 is 6.59. The lowest BCUT2D eigenvalue weighted by Crippen LogP contribution is -2.56. The van der Waals surface area contributed by atoms with Crippen LogP contribution >= 0.6 is 15.9 Å². The molecule has 0 aromatic heterocycles. The lowest BCUT2D eigenvalue weighted by molar-refractivity contribution is -0.127. The van der Waals surface area contributed by atoms with Crippen LogP contribution in [0, 0.1) is 30.6 Å². The van der Waals surface area contributed by atoms with E-state index in [4.69, 9.17) is 4.74 Å². The number of halogens is 1. The lowest BCUT2D eigenvalue weighted by atomic mass is 9.54. The molecule has 0 saturated heterocycles. The van der Waals surface area contributed by atoms with Crippen molar-refractivity contribution in [2.75, 3.05) is 6.61 Å². The third-order valence-electron chi connectivity index (χ3n) is 6.00. The molecule has 0 aliphatic heterocycles. The Hall–Kier alpha value is -1.03. The van der Waals surface area contributed by atoms with Crippen molar-refractivity contribution in [1.82, 2.24) is 5.32 Å². The van der Waals surface area contributed by atoms with Crippen molar-refractivity contribution in [2.45, 2.75) is 45.1 Å². The van der Waals surface area contributed by atoms with E-state index >= 15 is 0 Å². The Morgan fingerprint density at radius 3 is 2.43 bits per heavy atom. The van der Waals surface area contributed by atoms with Crippen LogP contribution in [0.3, 0.4) is 0 Å². The Kier molecular flexibility index (Phi) is 4.12. The van der Waals surface area contributed by atoms with Gasteiger partial charge in [-0.05, 0) is 96.3 Å². The average molecular weight is 378 g/mol. The topological polar surface area (TPSA) is 38.3 Å². The largest absolute Gasteiger partial charge is 0.483 e. The third kappa shape index (κ3) is 3.15. The van der Waals surface area contributed by atoms with Crippen molar-refractivity contribution in [3.05, 3.63) is 28.2 Å². The van der Waals surface area contributed by atoms with E-state index in [-0.39, 0.29) is 12.5 Å². The fourth-order valence-corrected chi connectivity index (χ4v) is 5.86. The molecule has 0 heterocycles. The van der Waals surface area contributed by atoms with Gasteiger partial charge in [0.15, 0.2) is 6.61 Å². The molecule has 0 spiro atoms. The first-order valence-corrected chi connectivity index (χ1v) is 9.56. The molecule has 1 N–H and O–H groups in total. The fraction of sp³-hybridized carbons (Fsp3) is 0.632. The molecule has 0 atom stereocenters. The van der Waals surface area contributed by atoms with Crippen LogP contribution in [-0.2, 0) is 4.79 Å². The van der Waals surface area contributed by atoms with Crippen LogP contribution in [0.25, 0.3) is 0 Å². The zero-order chi connectivity index (χ0) is 16.0. The Morgan fingerprint density at radius 1 is 1.17 bits per heavy atom. The molecule has 23 heavy (non-hydrogen) atoms. The van der Waals surface area contributed by atoms with E-state index in [9.17, 15) is 4.79 Å². The van der Waals surface area contributed by atoms with E-state index in [1.54, 1.807) is 0 Å². The second-order valence-electron chi connectivity index (χ2n) is 7.75. The van der Waals surface area contributed by atoms with Crippen LogP contribution in [0.5, 0.6) is 5.75 Å². The third-order valence-corrected chi connectivity index (χ3v) is 6.62. The predicted molar refractivity (Wildman–Crippen MR) is 93.3 cm³/mol. The number of rotatable bonds is 4. The van der Waals surface area contributed by atoms with Crippen molar-refractivity contribution < 1.29 is 9.53 Å². The Morgan fingerprint density at radius 2 is 1.83 bits per heavy atom. The van der Waals surface area contributed by atoms with Gasteiger partial charge >= 0.3 is 0 Å². The fourth-order valence-electron chi connectivity index (χ4n) is 5.25. The van der Waals surface area contributed by atoms with Gasteiger partial charge in [0.1, 0.15) is 5.75 Å². The molecule has 4 aliphatic rings. The van der Waals surface area contributed by atoms with Crippen molar-refractivity contribution in [3.8, 4) is 5.75 Å². The standard InChI is InChI=1S/C19H24BrNO2/c1-11-2-3-17(16(20)4-11)23-10-18(22)21-19-14-6-12-5-13(8-14)9-15(19)7-12/h2-4,12-15,19H,5-10H2,1H3,(H,21,22). The van der Waals surface area contributed by atoms with Crippen LogP contribution in [-0.4, -0.2) is 18.6 Å². The van der Waals surface area contributed by atoms with Gasteiger partial charge in [0, 0.05) is 6.04 Å². The summed E-state index contributed by atoms with van der Waals surface area (Å²) in [6.45, 7) is 2.14. The quantitative estimate of drug-likeness (QED) is 0.858. The number of aryl methyl sites for hydroxylation is 1. The van der Waals surface area contributed by atoms with Crippen LogP contribution in [0.2, 0.25) is 0 Å². The SMILES string of the molecule is Cc1ccc(OCC(=O)NC2C3CC4CC(C3)CC2C4)c(Br)c1.